The standard InChI is InChI=1S/C14H18FN3OS/c1-9-6-14(18(2)17-9)20-8-12(16)10-4-5-13(19-3)11(15)7-10/h4-7,12H,8,16H2,1-3H3. The van der Waals surface area contributed by atoms with Gasteiger partial charge in [0.1, 0.15) is 0 Å². The van der Waals surface area contributed by atoms with Gasteiger partial charge in [-0.25, -0.2) is 4.39 Å². The topological polar surface area (TPSA) is 53.1 Å². The zero-order chi connectivity index (χ0) is 14.7. The van der Waals surface area contributed by atoms with Crippen molar-refractivity contribution < 1.29 is 9.13 Å². The van der Waals surface area contributed by atoms with Gasteiger partial charge in [-0.15, -0.1) is 11.8 Å². The molecule has 0 bridgehead atoms. The number of thioether (sulfide) groups is 1. The Labute approximate surface area is 122 Å². The quantitative estimate of drug-likeness (QED) is 0.862. The number of aryl methyl sites for hydroxylation is 2. The summed E-state index contributed by atoms with van der Waals surface area (Å²) >= 11 is 1.61. The van der Waals surface area contributed by atoms with E-state index in [1.807, 2.05) is 24.7 Å². The zero-order valence-corrected chi connectivity index (χ0v) is 12.6. The van der Waals surface area contributed by atoms with Gasteiger partial charge in [0.2, 0.25) is 0 Å². The predicted molar refractivity (Wildman–Crippen MR) is 78.5 cm³/mol. The van der Waals surface area contributed by atoms with E-state index in [0.29, 0.717) is 5.75 Å². The third-order valence-corrected chi connectivity index (χ3v) is 4.18. The van der Waals surface area contributed by atoms with Gasteiger partial charge in [-0.1, -0.05) is 6.07 Å². The number of halogens is 1. The molecule has 1 unspecified atom stereocenters. The highest BCUT2D eigenvalue weighted by Crippen LogP contribution is 2.26. The molecule has 2 rings (SSSR count). The molecule has 0 amide bonds. The Morgan fingerprint density at radius 2 is 2.20 bits per heavy atom. The van der Waals surface area contributed by atoms with Gasteiger partial charge < -0.3 is 10.5 Å². The maximum atomic E-state index is 13.6. The number of hydrogen-bond acceptors (Lipinski definition) is 4. The van der Waals surface area contributed by atoms with Gasteiger partial charge >= 0.3 is 0 Å². The first-order chi connectivity index (χ1) is 9.51. The lowest BCUT2D eigenvalue weighted by Gasteiger charge is -2.13. The number of ether oxygens (including phenoxy) is 1. The van der Waals surface area contributed by atoms with Crippen molar-refractivity contribution in [3.8, 4) is 5.75 Å². The van der Waals surface area contributed by atoms with Crippen molar-refractivity contribution in [1.82, 2.24) is 9.78 Å². The summed E-state index contributed by atoms with van der Waals surface area (Å²) < 4.78 is 20.4. The van der Waals surface area contributed by atoms with Crippen LogP contribution in [-0.4, -0.2) is 22.6 Å². The minimum absolute atomic E-state index is 0.232. The molecule has 1 aromatic carbocycles. The largest absolute Gasteiger partial charge is 0.494 e. The Balaban J connectivity index is 2.03. The van der Waals surface area contributed by atoms with Crippen LogP contribution in [0.5, 0.6) is 5.75 Å². The molecule has 1 heterocycles. The third-order valence-electron chi connectivity index (χ3n) is 2.97. The van der Waals surface area contributed by atoms with Crippen molar-refractivity contribution >= 4 is 11.8 Å². The molecule has 2 aromatic rings. The Morgan fingerprint density at radius 1 is 1.45 bits per heavy atom. The Kier molecular flexibility index (Phi) is 4.67. The smallest absolute Gasteiger partial charge is 0.165 e. The SMILES string of the molecule is COc1ccc(C(N)CSc2cc(C)nn2C)cc1F. The minimum Gasteiger partial charge on any atom is -0.494 e. The molecule has 6 heteroatoms. The van der Waals surface area contributed by atoms with Crippen LogP contribution in [0.1, 0.15) is 17.3 Å². The number of methoxy groups -OCH3 is 1. The van der Waals surface area contributed by atoms with E-state index in [4.69, 9.17) is 10.5 Å². The van der Waals surface area contributed by atoms with E-state index in [-0.39, 0.29) is 17.6 Å². The number of benzene rings is 1. The van der Waals surface area contributed by atoms with E-state index in [1.165, 1.54) is 13.2 Å². The van der Waals surface area contributed by atoms with Crippen LogP contribution >= 0.6 is 11.8 Å². The second-order valence-electron chi connectivity index (χ2n) is 4.56. The van der Waals surface area contributed by atoms with Crippen molar-refractivity contribution in [3.63, 3.8) is 0 Å². The molecule has 0 spiro atoms. The van der Waals surface area contributed by atoms with Crippen LogP contribution in [0, 0.1) is 12.7 Å². The molecule has 0 saturated heterocycles. The molecule has 1 atom stereocenters. The van der Waals surface area contributed by atoms with E-state index in [9.17, 15) is 4.39 Å². The monoisotopic (exact) mass is 295 g/mol. The lowest BCUT2D eigenvalue weighted by Crippen LogP contribution is -2.13. The number of nitrogens with two attached hydrogens (primary N) is 1. The van der Waals surface area contributed by atoms with Crippen LogP contribution in [0.2, 0.25) is 0 Å². The fourth-order valence-electron chi connectivity index (χ4n) is 1.91. The highest BCUT2D eigenvalue weighted by atomic mass is 32.2. The van der Waals surface area contributed by atoms with Gasteiger partial charge in [0.25, 0.3) is 0 Å². The van der Waals surface area contributed by atoms with E-state index >= 15 is 0 Å². The zero-order valence-electron chi connectivity index (χ0n) is 11.8. The summed E-state index contributed by atoms with van der Waals surface area (Å²) in [6.45, 7) is 1.95. The van der Waals surface area contributed by atoms with Crippen LogP contribution in [0.25, 0.3) is 0 Å². The van der Waals surface area contributed by atoms with E-state index in [2.05, 4.69) is 5.10 Å². The van der Waals surface area contributed by atoms with Crippen LogP contribution < -0.4 is 10.5 Å². The number of hydrogen-bond donors (Lipinski definition) is 1. The first-order valence-corrected chi connectivity index (χ1v) is 7.22. The summed E-state index contributed by atoms with van der Waals surface area (Å²) in [7, 11) is 3.34. The normalized spacial score (nSPS) is 12.4. The van der Waals surface area contributed by atoms with E-state index < -0.39 is 0 Å². The molecular formula is C14H18FN3OS. The Morgan fingerprint density at radius 3 is 2.75 bits per heavy atom. The molecule has 0 radical (unpaired) electrons. The van der Waals surface area contributed by atoms with Gasteiger partial charge in [0.05, 0.1) is 17.8 Å². The lowest BCUT2D eigenvalue weighted by molar-refractivity contribution is 0.386. The van der Waals surface area contributed by atoms with Crippen molar-refractivity contribution in [1.29, 1.82) is 0 Å². The maximum Gasteiger partial charge on any atom is 0.165 e. The minimum atomic E-state index is -0.387. The number of nitrogens with zero attached hydrogens (tertiary/aromatic N) is 2. The molecule has 1 aromatic heterocycles. The van der Waals surface area contributed by atoms with Gasteiger partial charge in [-0.2, -0.15) is 5.10 Å². The van der Waals surface area contributed by atoms with Gasteiger partial charge in [-0.3, -0.25) is 4.68 Å². The fraction of sp³-hybridized carbons (Fsp3) is 0.357. The summed E-state index contributed by atoms with van der Waals surface area (Å²) in [4.78, 5) is 0. The molecule has 0 fully saturated rings. The number of rotatable bonds is 5. The lowest BCUT2D eigenvalue weighted by atomic mass is 10.1. The van der Waals surface area contributed by atoms with Crippen LogP contribution in [0.3, 0.4) is 0 Å². The molecule has 108 valence electrons. The highest BCUT2D eigenvalue weighted by Gasteiger charge is 2.12. The number of aromatic nitrogens is 2. The fourth-order valence-corrected chi connectivity index (χ4v) is 2.93. The van der Waals surface area contributed by atoms with Crippen LogP contribution in [0.15, 0.2) is 29.3 Å². The molecular weight excluding hydrogens is 277 g/mol. The molecule has 4 nitrogen and oxygen atoms in total. The predicted octanol–water partition coefficient (Wildman–Crippen LogP) is 2.67. The summed E-state index contributed by atoms with van der Waals surface area (Å²) in [5.74, 6) is 0.503. The second-order valence-corrected chi connectivity index (χ2v) is 5.60. The molecule has 0 saturated carbocycles. The maximum absolute atomic E-state index is 13.6. The van der Waals surface area contributed by atoms with E-state index in [0.717, 1.165) is 16.3 Å². The third kappa shape index (κ3) is 3.32. The van der Waals surface area contributed by atoms with Gasteiger partial charge in [-0.05, 0) is 30.7 Å². The summed E-state index contributed by atoms with van der Waals surface area (Å²) in [6, 6.07) is 6.59. The first-order valence-electron chi connectivity index (χ1n) is 6.23. The summed E-state index contributed by atoms with van der Waals surface area (Å²) in [6.07, 6.45) is 0. The Hall–Kier alpha value is -1.53. The average Bonchev–Trinajstić information content (AvgIpc) is 2.74. The summed E-state index contributed by atoms with van der Waals surface area (Å²) in [5.41, 5.74) is 7.83. The van der Waals surface area contributed by atoms with Crippen LogP contribution in [0.4, 0.5) is 4.39 Å². The highest BCUT2D eigenvalue weighted by molar-refractivity contribution is 7.99. The molecule has 2 N–H and O–H groups in total. The van der Waals surface area contributed by atoms with Gasteiger partial charge in [0.15, 0.2) is 11.6 Å². The second kappa shape index (κ2) is 6.28. The van der Waals surface area contributed by atoms with Gasteiger partial charge in [0, 0.05) is 18.8 Å². The van der Waals surface area contributed by atoms with E-state index in [1.54, 1.807) is 23.9 Å². The summed E-state index contributed by atoms with van der Waals surface area (Å²) in [5, 5.41) is 5.33. The van der Waals surface area contributed by atoms with Crippen molar-refractivity contribution in [3.05, 3.63) is 41.3 Å². The molecule has 0 aliphatic heterocycles. The molecule has 0 aliphatic carbocycles. The average molecular weight is 295 g/mol. The van der Waals surface area contributed by atoms with Crippen molar-refractivity contribution in [2.75, 3.05) is 12.9 Å². The molecule has 0 aliphatic rings. The first kappa shape index (κ1) is 14.9. The Bertz CT molecular complexity index is 600. The van der Waals surface area contributed by atoms with Crippen molar-refractivity contribution in [2.24, 2.45) is 12.8 Å². The van der Waals surface area contributed by atoms with Crippen LogP contribution in [-0.2, 0) is 7.05 Å². The van der Waals surface area contributed by atoms with Crippen molar-refractivity contribution in [2.45, 2.75) is 18.0 Å². The molecule has 20 heavy (non-hydrogen) atoms.